The van der Waals surface area contributed by atoms with Gasteiger partial charge in [-0.2, -0.15) is 11.8 Å². The van der Waals surface area contributed by atoms with Crippen LogP contribution in [0.3, 0.4) is 0 Å². The highest BCUT2D eigenvalue weighted by Crippen LogP contribution is 2.44. The number of nitrogens with one attached hydrogen (secondary N) is 2. The van der Waals surface area contributed by atoms with E-state index in [9.17, 15) is 19.5 Å². The Bertz CT molecular complexity index is 1200. The number of rotatable bonds is 9. The minimum Gasteiger partial charge on any atom is -0.480 e. The van der Waals surface area contributed by atoms with E-state index >= 15 is 0 Å². The SMILES string of the molecule is CSCCC(NC(=O)c1ncccc1NC(=O)OCC1c2ccccc2-c2ccccc21)C(=O)O. The fourth-order valence-electron chi connectivity index (χ4n) is 4.15. The number of hydrogen-bond donors (Lipinski definition) is 3. The van der Waals surface area contributed by atoms with Gasteiger partial charge in [0.25, 0.3) is 5.91 Å². The zero-order valence-corrected chi connectivity index (χ0v) is 19.9. The van der Waals surface area contributed by atoms with E-state index in [0.717, 1.165) is 22.3 Å². The fourth-order valence-corrected chi connectivity index (χ4v) is 4.62. The first-order valence-corrected chi connectivity index (χ1v) is 12.5. The monoisotopic (exact) mass is 491 g/mol. The second-order valence-electron chi connectivity index (χ2n) is 8.00. The Morgan fingerprint density at radius 3 is 2.31 bits per heavy atom. The summed E-state index contributed by atoms with van der Waals surface area (Å²) in [4.78, 5) is 40.9. The summed E-state index contributed by atoms with van der Waals surface area (Å²) in [6.07, 6.45) is 2.79. The first-order chi connectivity index (χ1) is 17.0. The maximum Gasteiger partial charge on any atom is 0.411 e. The molecular formula is C26H25N3O5S. The second kappa shape index (κ2) is 11.1. The molecule has 3 N–H and O–H groups in total. The zero-order chi connectivity index (χ0) is 24.8. The fraction of sp³-hybridized carbons (Fsp3) is 0.231. The highest BCUT2D eigenvalue weighted by Gasteiger charge is 2.29. The Labute approximate surface area is 207 Å². The van der Waals surface area contributed by atoms with E-state index in [1.807, 2.05) is 42.7 Å². The Morgan fingerprint density at radius 1 is 1.03 bits per heavy atom. The number of pyridine rings is 1. The maximum atomic E-state index is 12.7. The number of benzene rings is 2. The van der Waals surface area contributed by atoms with Gasteiger partial charge in [-0.05, 0) is 52.8 Å². The van der Waals surface area contributed by atoms with Crippen molar-refractivity contribution in [2.24, 2.45) is 0 Å². The van der Waals surface area contributed by atoms with Crippen LogP contribution in [0.1, 0.15) is 34.0 Å². The van der Waals surface area contributed by atoms with E-state index < -0.39 is 24.0 Å². The van der Waals surface area contributed by atoms with Crippen molar-refractivity contribution >= 4 is 35.4 Å². The number of amides is 2. The molecule has 35 heavy (non-hydrogen) atoms. The molecule has 2 aromatic carbocycles. The van der Waals surface area contributed by atoms with E-state index in [0.29, 0.717) is 5.75 Å². The number of aliphatic carboxylic acids is 1. The van der Waals surface area contributed by atoms with Crippen molar-refractivity contribution in [2.45, 2.75) is 18.4 Å². The largest absolute Gasteiger partial charge is 0.480 e. The van der Waals surface area contributed by atoms with E-state index in [1.54, 1.807) is 6.07 Å². The highest BCUT2D eigenvalue weighted by molar-refractivity contribution is 7.98. The van der Waals surface area contributed by atoms with Gasteiger partial charge in [-0.3, -0.25) is 10.1 Å². The van der Waals surface area contributed by atoms with Crippen LogP contribution in [0.15, 0.2) is 66.9 Å². The van der Waals surface area contributed by atoms with Gasteiger partial charge in [0.05, 0.1) is 5.69 Å². The van der Waals surface area contributed by atoms with Gasteiger partial charge < -0.3 is 15.2 Å². The first-order valence-electron chi connectivity index (χ1n) is 11.1. The summed E-state index contributed by atoms with van der Waals surface area (Å²) in [5.74, 6) is -1.34. The molecule has 0 saturated heterocycles. The quantitative estimate of drug-likeness (QED) is 0.407. The second-order valence-corrected chi connectivity index (χ2v) is 8.98. The molecule has 4 rings (SSSR count). The van der Waals surface area contributed by atoms with Gasteiger partial charge in [0.15, 0.2) is 5.69 Å². The summed E-state index contributed by atoms with van der Waals surface area (Å²) in [5, 5.41) is 14.4. The summed E-state index contributed by atoms with van der Waals surface area (Å²) in [7, 11) is 0. The third kappa shape index (κ3) is 5.46. The average Bonchev–Trinajstić information content (AvgIpc) is 3.19. The number of carbonyl (C=O) groups is 3. The van der Waals surface area contributed by atoms with Crippen molar-refractivity contribution < 1.29 is 24.2 Å². The van der Waals surface area contributed by atoms with Gasteiger partial charge in [-0.1, -0.05) is 48.5 Å². The standard InChI is InChI=1S/C26H25N3O5S/c1-35-14-12-22(25(31)32)28-24(30)23-21(11-6-13-27-23)29-26(33)34-15-20-18-9-4-2-7-16(18)17-8-3-5-10-19(17)20/h2-11,13,20,22H,12,14-15H2,1H3,(H,28,30)(H,29,33)(H,31,32). The van der Waals surface area contributed by atoms with Crippen LogP contribution in [-0.4, -0.2) is 52.7 Å². The lowest BCUT2D eigenvalue weighted by molar-refractivity contribution is -0.139. The third-order valence-corrected chi connectivity index (χ3v) is 6.46. The van der Waals surface area contributed by atoms with Crippen LogP contribution in [0.25, 0.3) is 11.1 Å². The predicted octanol–water partition coefficient (Wildman–Crippen LogP) is 4.38. The number of carboxylic acids is 1. The highest BCUT2D eigenvalue weighted by atomic mass is 32.2. The van der Waals surface area contributed by atoms with E-state index in [2.05, 4.69) is 27.8 Å². The van der Waals surface area contributed by atoms with Gasteiger partial charge in [0.1, 0.15) is 12.6 Å². The van der Waals surface area contributed by atoms with Crippen molar-refractivity contribution in [3.63, 3.8) is 0 Å². The average molecular weight is 492 g/mol. The number of anilines is 1. The lowest BCUT2D eigenvalue weighted by Gasteiger charge is -2.16. The summed E-state index contributed by atoms with van der Waals surface area (Å²) in [5.41, 5.74) is 4.48. The number of aromatic nitrogens is 1. The van der Waals surface area contributed by atoms with Crippen LogP contribution in [0.5, 0.6) is 0 Å². The Balaban J connectivity index is 1.43. The predicted molar refractivity (Wildman–Crippen MR) is 135 cm³/mol. The number of hydrogen-bond acceptors (Lipinski definition) is 6. The zero-order valence-electron chi connectivity index (χ0n) is 19.1. The van der Waals surface area contributed by atoms with Crippen molar-refractivity contribution in [1.29, 1.82) is 0 Å². The van der Waals surface area contributed by atoms with Crippen molar-refractivity contribution in [3.05, 3.63) is 83.7 Å². The van der Waals surface area contributed by atoms with Gasteiger partial charge >= 0.3 is 12.1 Å². The number of thioether (sulfide) groups is 1. The van der Waals surface area contributed by atoms with Crippen molar-refractivity contribution in [1.82, 2.24) is 10.3 Å². The van der Waals surface area contributed by atoms with Crippen LogP contribution < -0.4 is 10.6 Å². The molecule has 0 saturated carbocycles. The number of nitrogens with zero attached hydrogens (tertiary/aromatic N) is 1. The topological polar surface area (TPSA) is 118 Å². The third-order valence-electron chi connectivity index (χ3n) is 5.82. The molecule has 2 amide bonds. The van der Waals surface area contributed by atoms with Crippen LogP contribution in [0.4, 0.5) is 10.5 Å². The van der Waals surface area contributed by atoms with Gasteiger partial charge in [0.2, 0.25) is 0 Å². The maximum absolute atomic E-state index is 12.7. The minimum absolute atomic E-state index is 0.0867. The molecular weight excluding hydrogens is 466 g/mol. The van der Waals surface area contributed by atoms with Crippen molar-refractivity contribution in [2.75, 3.05) is 23.9 Å². The molecule has 1 aromatic heterocycles. The Kier molecular flexibility index (Phi) is 7.67. The molecule has 1 aliphatic rings. The van der Waals surface area contributed by atoms with Crippen LogP contribution in [0, 0.1) is 0 Å². The van der Waals surface area contributed by atoms with Crippen LogP contribution >= 0.6 is 11.8 Å². The number of ether oxygens (including phenoxy) is 1. The number of fused-ring (bicyclic) bond motifs is 3. The van der Waals surface area contributed by atoms with Crippen LogP contribution in [0.2, 0.25) is 0 Å². The molecule has 1 heterocycles. The smallest absolute Gasteiger partial charge is 0.411 e. The molecule has 1 unspecified atom stereocenters. The van der Waals surface area contributed by atoms with Gasteiger partial charge in [-0.15, -0.1) is 0 Å². The number of carboxylic acid groups (broad SMARTS) is 1. The molecule has 1 aliphatic carbocycles. The van der Waals surface area contributed by atoms with E-state index in [1.165, 1.54) is 24.0 Å². The molecule has 0 fully saturated rings. The lowest BCUT2D eigenvalue weighted by Crippen LogP contribution is -2.41. The molecule has 8 nitrogen and oxygen atoms in total. The summed E-state index contributed by atoms with van der Waals surface area (Å²) < 4.78 is 5.54. The normalized spacial score (nSPS) is 12.8. The molecule has 180 valence electrons. The van der Waals surface area contributed by atoms with E-state index in [-0.39, 0.29) is 30.3 Å². The van der Waals surface area contributed by atoms with E-state index in [4.69, 9.17) is 4.74 Å². The Morgan fingerprint density at radius 2 is 1.69 bits per heavy atom. The number of carbonyl (C=O) groups excluding carboxylic acids is 2. The molecule has 0 bridgehead atoms. The van der Waals surface area contributed by atoms with Crippen molar-refractivity contribution in [3.8, 4) is 11.1 Å². The first kappa shape index (κ1) is 24.3. The lowest BCUT2D eigenvalue weighted by atomic mass is 9.98. The van der Waals surface area contributed by atoms with Gasteiger partial charge in [-0.25, -0.2) is 14.6 Å². The van der Waals surface area contributed by atoms with Gasteiger partial charge in [0, 0.05) is 12.1 Å². The molecule has 0 spiro atoms. The Hall–Kier alpha value is -3.85. The molecule has 0 radical (unpaired) electrons. The molecule has 0 aliphatic heterocycles. The summed E-state index contributed by atoms with van der Waals surface area (Å²) >= 11 is 1.49. The molecule has 1 atom stereocenters. The molecule has 9 heteroatoms. The summed E-state index contributed by atoms with van der Waals surface area (Å²) in [6.45, 7) is 0.122. The molecule has 3 aromatic rings. The summed E-state index contributed by atoms with van der Waals surface area (Å²) in [6, 6.07) is 18.1. The minimum atomic E-state index is -1.13. The van der Waals surface area contributed by atoms with Crippen LogP contribution in [-0.2, 0) is 9.53 Å².